The Balaban J connectivity index is 1.73. The maximum atomic E-state index is 14.1. The number of hydrogen-bond donors (Lipinski definition) is 1. The van der Waals surface area contributed by atoms with Crippen molar-refractivity contribution in [2.75, 3.05) is 18.5 Å². The second kappa shape index (κ2) is 7.61. The first-order valence-corrected chi connectivity index (χ1v) is 9.93. The summed E-state index contributed by atoms with van der Waals surface area (Å²) in [6.07, 6.45) is 5.81. The lowest BCUT2D eigenvalue weighted by Crippen LogP contribution is -2.39. The quantitative estimate of drug-likeness (QED) is 0.849. The molecular formula is C19H23ClFN5O. The van der Waals surface area contributed by atoms with Crippen LogP contribution in [0.15, 0.2) is 6.20 Å². The number of nitrogens with zero attached hydrogens (tertiary/aromatic N) is 4. The Hall–Kier alpha value is -1.91. The maximum absolute atomic E-state index is 14.1. The Bertz CT molecular complexity index is 873. The van der Waals surface area contributed by atoms with Crippen molar-refractivity contribution >= 4 is 23.1 Å². The number of ether oxygens (including phenoxy) is 1. The Morgan fingerprint density at radius 2 is 2.19 bits per heavy atom. The molecule has 0 bridgehead atoms. The molecule has 1 saturated heterocycles. The van der Waals surface area contributed by atoms with Gasteiger partial charge in [0, 0.05) is 12.5 Å². The smallest absolute Gasteiger partial charge is 0.241 e. The summed E-state index contributed by atoms with van der Waals surface area (Å²) in [6, 6.07) is 1.87. The van der Waals surface area contributed by atoms with Crippen molar-refractivity contribution < 1.29 is 9.13 Å². The molecule has 0 amide bonds. The summed E-state index contributed by atoms with van der Waals surface area (Å²) >= 11 is 6.46. The summed E-state index contributed by atoms with van der Waals surface area (Å²) in [4.78, 5) is 4.30. The molecule has 0 radical (unpaired) electrons. The van der Waals surface area contributed by atoms with Crippen LogP contribution in [0.25, 0.3) is 5.52 Å². The van der Waals surface area contributed by atoms with Crippen molar-refractivity contribution in [2.45, 2.75) is 57.2 Å². The van der Waals surface area contributed by atoms with E-state index >= 15 is 0 Å². The van der Waals surface area contributed by atoms with Crippen molar-refractivity contribution in [3.63, 3.8) is 0 Å². The summed E-state index contributed by atoms with van der Waals surface area (Å²) in [6.45, 7) is 2.73. The van der Waals surface area contributed by atoms with Crippen LogP contribution >= 0.6 is 11.6 Å². The van der Waals surface area contributed by atoms with E-state index in [0.29, 0.717) is 41.0 Å². The van der Waals surface area contributed by atoms with Crippen LogP contribution in [0.3, 0.4) is 0 Å². The molecule has 1 N–H and O–H groups in total. The molecule has 6 nitrogen and oxygen atoms in total. The van der Waals surface area contributed by atoms with E-state index in [2.05, 4.69) is 28.4 Å². The fourth-order valence-corrected chi connectivity index (χ4v) is 4.60. The molecule has 1 unspecified atom stereocenters. The maximum Gasteiger partial charge on any atom is 0.241 e. The van der Waals surface area contributed by atoms with Crippen LogP contribution < -0.4 is 5.32 Å². The lowest BCUT2D eigenvalue weighted by molar-refractivity contribution is 0.0284. The van der Waals surface area contributed by atoms with Gasteiger partial charge in [0.15, 0.2) is 0 Å². The van der Waals surface area contributed by atoms with Crippen LogP contribution in [0.4, 0.5) is 10.3 Å². The molecule has 0 spiro atoms. The predicted molar refractivity (Wildman–Crippen MR) is 101 cm³/mol. The molecule has 2 aromatic heterocycles. The molecule has 2 fully saturated rings. The SMILES string of the molecule is CC(c1c(C#N)c(Cl)c2cnc(N[C@@H]3CCOC[C@H]3F)nn12)C1CCCC1. The Morgan fingerprint density at radius 1 is 1.41 bits per heavy atom. The second-order valence-corrected chi connectivity index (χ2v) is 7.91. The van der Waals surface area contributed by atoms with Gasteiger partial charge < -0.3 is 10.1 Å². The normalized spacial score (nSPS) is 24.8. The molecule has 8 heteroatoms. The van der Waals surface area contributed by atoms with E-state index < -0.39 is 6.17 Å². The zero-order valence-electron chi connectivity index (χ0n) is 15.3. The van der Waals surface area contributed by atoms with E-state index in [1.807, 2.05) is 0 Å². The zero-order valence-corrected chi connectivity index (χ0v) is 16.0. The highest BCUT2D eigenvalue weighted by molar-refractivity contribution is 6.35. The number of nitriles is 1. The van der Waals surface area contributed by atoms with E-state index in [4.69, 9.17) is 16.3 Å². The van der Waals surface area contributed by atoms with E-state index in [1.54, 1.807) is 10.7 Å². The number of aromatic nitrogens is 3. The third kappa shape index (κ3) is 3.37. The van der Waals surface area contributed by atoms with Crippen LogP contribution in [-0.2, 0) is 4.74 Å². The lowest BCUT2D eigenvalue weighted by atomic mass is 9.88. The second-order valence-electron chi connectivity index (χ2n) is 7.53. The van der Waals surface area contributed by atoms with Crippen LogP contribution in [0.1, 0.15) is 56.2 Å². The van der Waals surface area contributed by atoms with Gasteiger partial charge in [0.2, 0.25) is 5.95 Å². The molecule has 144 valence electrons. The largest absolute Gasteiger partial charge is 0.378 e. The van der Waals surface area contributed by atoms with Gasteiger partial charge in [0.25, 0.3) is 0 Å². The van der Waals surface area contributed by atoms with Gasteiger partial charge in [0.05, 0.1) is 35.1 Å². The third-order valence-electron chi connectivity index (χ3n) is 5.91. The molecule has 27 heavy (non-hydrogen) atoms. The van der Waals surface area contributed by atoms with Crippen LogP contribution in [-0.4, -0.2) is 40.0 Å². The summed E-state index contributed by atoms with van der Waals surface area (Å²) in [5.74, 6) is 1.03. The molecule has 2 aliphatic rings. The number of anilines is 1. The minimum atomic E-state index is -1.10. The van der Waals surface area contributed by atoms with E-state index in [1.165, 1.54) is 12.8 Å². The summed E-state index contributed by atoms with van der Waals surface area (Å²) < 4.78 is 20.9. The Kier molecular flexibility index (Phi) is 5.20. The highest BCUT2D eigenvalue weighted by atomic mass is 35.5. The van der Waals surface area contributed by atoms with E-state index in [0.717, 1.165) is 18.5 Å². The van der Waals surface area contributed by atoms with Crippen LogP contribution in [0, 0.1) is 17.2 Å². The van der Waals surface area contributed by atoms with E-state index in [-0.39, 0.29) is 18.6 Å². The number of nitrogens with one attached hydrogen (secondary N) is 1. The number of hydrogen-bond acceptors (Lipinski definition) is 5. The number of rotatable bonds is 4. The molecule has 2 aromatic rings. The third-order valence-corrected chi connectivity index (χ3v) is 6.29. The Morgan fingerprint density at radius 3 is 2.89 bits per heavy atom. The van der Waals surface area contributed by atoms with Crippen molar-refractivity contribution in [3.05, 3.63) is 22.5 Å². The molecule has 1 aliphatic carbocycles. The van der Waals surface area contributed by atoms with Gasteiger partial charge in [-0.1, -0.05) is 31.4 Å². The standard InChI is InChI=1S/C19H23ClFN5O/c1-11(12-4-2-3-5-12)18-13(8-22)17(20)16-9-23-19(25-26(16)18)24-15-6-7-27-10-14(15)21/h9,11-12,14-15H,2-7,10H2,1H3,(H,24,25)/t11?,14-,15-/m1/s1. The van der Waals surface area contributed by atoms with Gasteiger partial charge in [-0.2, -0.15) is 5.26 Å². The first-order chi connectivity index (χ1) is 13.1. The molecular weight excluding hydrogens is 369 g/mol. The first kappa shape index (κ1) is 18.5. The highest BCUT2D eigenvalue weighted by Crippen LogP contribution is 2.41. The average Bonchev–Trinajstić information content (AvgIpc) is 3.30. The van der Waals surface area contributed by atoms with Crippen molar-refractivity contribution in [1.29, 1.82) is 5.26 Å². The Labute approximate surface area is 162 Å². The minimum absolute atomic E-state index is 0.0812. The number of halogens is 2. The first-order valence-electron chi connectivity index (χ1n) is 9.55. The molecule has 1 saturated carbocycles. The van der Waals surface area contributed by atoms with Gasteiger partial charge in [-0.25, -0.2) is 13.9 Å². The minimum Gasteiger partial charge on any atom is -0.378 e. The van der Waals surface area contributed by atoms with E-state index in [9.17, 15) is 9.65 Å². The predicted octanol–water partition coefficient (Wildman–Crippen LogP) is 4.09. The van der Waals surface area contributed by atoms with Gasteiger partial charge in [0.1, 0.15) is 17.8 Å². The molecule has 1 aliphatic heterocycles. The summed E-state index contributed by atoms with van der Waals surface area (Å²) in [5.41, 5.74) is 1.91. The summed E-state index contributed by atoms with van der Waals surface area (Å²) in [5, 5.41) is 17.7. The number of alkyl halides is 1. The van der Waals surface area contributed by atoms with Gasteiger partial charge in [-0.3, -0.25) is 0 Å². The zero-order chi connectivity index (χ0) is 19.0. The lowest BCUT2D eigenvalue weighted by Gasteiger charge is -2.26. The molecule has 0 aromatic carbocycles. The van der Waals surface area contributed by atoms with Gasteiger partial charge in [-0.05, 0) is 25.2 Å². The van der Waals surface area contributed by atoms with Gasteiger partial charge >= 0.3 is 0 Å². The van der Waals surface area contributed by atoms with Crippen molar-refractivity contribution in [2.24, 2.45) is 5.92 Å². The highest BCUT2D eigenvalue weighted by Gasteiger charge is 2.31. The van der Waals surface area contributed by atoms with Crippen molar-refractivity contribution in [1.82, 2.24) is 14.6 Å². The van der Waals surface area contributed by atoms with Crippen LogP contribution in [0.5, 0.6) is 0 Å². The fourth-order valence-electron chi connectivity index (χ4n) is 4.34. The average molecular weight is 392 g/mol. The fraction of sp³-hybridized carbons (Fsp3) is 0.632. The monoisotopic (exact) mass is 391 g/mol. The molecule has 4 rings (SSSR count). The van der Waals surface area contributed by atoms with Gasteiger partial charge in [-0.15, -0.1) is 5.10 Å². The van der Waals surface area contributed by atoms with Crippen molar-refractivity contribution in [3.8, 4) is 6.07 Å². The topological polar surface area (TPSA) is 75.2 Å². The van der Waals surface area contributed by atoms with Crippen LogP contribution in [0.2, 0.25) is 5.02 Å². The summed E-state index contributed by atoms with van der Waals surface area (Å²) in [7, 11) is 0. The molecule has 3 heterocycles. The molecule has 3 atom stereocenters. The number of fused-ring (bicyclic) bond motifs is 1.